The van der Waals surface area contributed by atoms with Crippen LogP contribution >= 0.6 is 22.9 Å². The molecule has 0 aliphatic heterocycles. The van der Waals surface area contributed by atoms with Gasteiger partial charge in [0.05, 0.1) is 12.8 Å². The Bertz CT molecular complexity index is 529. The first kappa shape index (κ1) is 10.2. The van der Waals surface area contributed by atoms with E-state index in [1.54, 1.807) is 6.08 Å². The summed E-state index contributed by atoms with van der Waals surface area (Å²) in [6, 6.07) is 0. The van der Waals surface area contributed by atoms with Gasteiger partial charge in [0.15, 0.2) is 10.1 Å². The number of aromatic nitrogens is 2. The van der Waals surface area contributed by atoms with E-state index < -0.39 is 5.97 Å². The van der Waals surface area contributed by atoms with Crippen LogP contribution in [0, 0.1) is 0 Å². The molecule has 0 amide bonds. The van der Waals surface area contributed by atoms with Crippen molar-refractivity contribution in [3.63, 3.8) is 0 Å². The number of imidazole rings is 1. The second-order valence-electron chi connectivity index (χ2n) is 2.70. The fraction of sp³-hybridized carbons (Fsp3) is 0.111. The van der Waals surface area contributed by atoms with Gasteiger partial charge in [-0.3, -0.25) is 4.40 Å². The number of nitrogens with zero attached hydrogens (tertiary/aromatic N) is 2. The van der Waals surface area contributed by atoms with E-state index in [4.69, 9.17) is 11.6 Å². The third-order valence-corrected chi connectivity index (χ3v) is 2.87. The fourth-order valence-electron chi connectivity index (χ4n) is 1.14. The summed E-state index contributed by atoms with van der Waals surface area (Å²) in [5, 5.41) is 2.27. The van der Waals surface area contributed by atoms with Gasteiger partial charge in [-0.15, -0.1) is 11.3 Å². The van der Waals surface area contributed by atoms with E-state index >= 15 is 0 Å². The minimum atomic E-state index is -0.420. The van der Waals surface area contributed by atoms with E-state index in [2.05, 4.69) is 9.72 Å². The summed E-state index contributed by atoms with van der Waals surface area (Å²) in [6.45, 7) is 0. The van der Waals surface area contributed by atoms with E-state index in [9.17, 15) is 4.79 Å². The lowest BCUT2D eigenvalue weighted by Crippen LogP contribution is -1.93. The maximum Gasteiger partial charge on any atom is 0.330 e. The number of halogens is 1. The molecule has 0 fully saturated rings. The Kier molecular flexibility index (Phi) is 2.75. The highest BCUT2D eigenvalue weighted by molar-refractivity contribution is 7.15. The zero-order chi connectivity index (χ0) is 10.8. The highest BCUT2D eigenvalue weighted by Crippen LogP contribution is 2.22. The minimum Gasteiger partial charge on any atom is -0.466 e. The van der Waals surface area contributed by atoms with E-state index in [-0.39, 0.29) is 0 Å². The van der Waals surface area contributed by atoms with Gasteiger partial charge < -0.3 is 4.74 Å². The summed E-state index contributed by atoms with van der Waals surface area (Å²) in [7, 11) is 1.32. The van der Waals surface area contributed by atoms with Crippen molar-refractivity contribution in [1.29, 1.82) is 0 Å². The molecule has 2 aromatic heterocycles. The molecule has 0 N–H and O–H groups in total. The van der Waals surface area contributed by atoms with Crippen LogP contribution < -0.4 is 0 Å². The smallest absolute Gasteiger partial charge is 0.330 e. The van der Waals surface area contributed by atoms with Crippen LogP contribution in [0.2, 0.25) is 5.15 Å². The van der Waals surface area contributed by atoms with E-state index in [0.29, 0.717) is 10.8 Å². The number of methoxy groups -OCH3 is 1. The molecule has 0 atom stereocenters. The number of esters is 1. The van der Waals surface area contributed by atoms with E-state index in [1.807, 2.05) is 16.0 Å². The van der Waals surface area contributed by atoms with Gasteiger partial charge >= 0.3 is 5.97 Å². The number of carbonyl (C=O) groups excluding carboxylic acids is 1. The molecule has 0 spiro atoms. The zero-order valence-corrected chi connectivity index (χ0v) is 9.38. The molecule has 0 aliphatic carbocycles. The average molecular weight is 243 g/mol. The predicted octanol–water partition coefficient (Wildman–Crippen LogP) is 2.24. The predicted molar refractivity (Wildman–Crippen MR) is 59.1 cm³/mol. The normalized spacial score (nSPS) is 11.3. The maximum absolute atomic E-state index is 10.9. The number of carbonyl (C=O) groups is 1. The highest BCUT2D eigenvalue weighted by Gasteiger charge is 2.08. The Morgan fingerprint density at radius 1 is 1.73 bits per heavy atom. The second kappa shape index (κ2) is 4.04. The van der Waals surface area contributed by atoms with Gasteiger partial charge in [0.2, 0.25) is 0 Å². The Labute approximate surface area is 94.8 Å². The molecule has 0 bridgehead atoms. The first-order chi connectivity index (χ1) is 7.22. The molecule has 15 heavy (non-hydrogen) atoms. The molecule has 2 aromatic rings. The summed E-state index contributed by atoms with van der Waals surface area (Å²) in [5.41, 5.74) is 0.679. The van der Waals surface area contributed by atoms with E-state index in [0.717, 1.165) is 4.96 Å². The van der Waals surface area contributed by atoms with Crippen LogP contribution in [0.15, 0.2) is 17.7 Å². The SMILES string of the molecule is COC(=O)/C=C/c1c(Cl)nc2sccn12. The average Bonchev–Trinajstić information content (AvgIpc) is 2.75. The van der Waals surface area contributed by atoms with Crippen molar-refractivity contribution in [2.24, 2.45) is 0 Å². The van der Waals surface area contributed by atoms with Crippen LogP contribution in [-0.2, 0) is 9.53 Å². The molecule has 0 saturated carbocycles. The number of hydrogen-bond acceptors (Lipinski definition) is 4. The number of hydrogen-bond donors (Lipinski definition) is 0. The molecule has 0 aliphatic rings. The monoisotopic (exact) mass is 242 g/mol. The lowest BCUT2D eigenvalue weighted by atomic mass is 10.4. The maximum atomic E-state index is 10.9. The Hall–Kier alpha value is -1.33. The van der Waals surface area contributed by atoms with Crippen molar-refractivity contribution in [2.75, 3.05) is 7.11 Å². The van der Waals surface area contributed by atoms with Crippen molar-refractivity contribution in [2.45, 2.75) is 0 Å². The standard InChI is InChI=1S/C9H7ClN2O2S/c1-14-7(13)3-2-6-8(10)11-9-12(6)4-5-15-9/h2-5H,1H3/b3-2+. The summed E-state index contributed by atoms with van der Waals surface area (Å²) in [5.74, 6) is -0.420. The van der Waals surface area contributed by atoms with Crippen molar-refractivity contribution in [3.8, 4) is 0 Å². The molecule has 0 radical (unpaired) electrons. The van der Waals surface area contributed by atoms with Crippen LogP contribution in [0.5, 0.6) is 0 Å². The number of rotatable bonds is 2. The summed E-state index contributed by atoms with van der Waals surface area (Å²) < 4.78 is 6.30. The summed E-state index contributed by atoms with van der Waals surface area (Å²) in [4.78, 5) is 15.8. The Balaban J connectivity index is 2.41. The summed E-state index contributed by atoms with van der Waals surface area (Å²) >= 11 is 7.39. The van der Waals surface area contributed by atoms with Gasteiger partial charge in [-0.05, 0) is 6.08 Å². The molecular formula is C9H7ClN2O2S. The van der Waals surface area contributed by atoms with Gasteiger partial charge in [-0.2, -0.15) is 0 Å². The highest BCUT2D eigenvalue weighted by atomic mass is 35.5. The molecule has 2 heterocycles. The second-order valence-corrected chi connectivity index (χ2v) is 3.93. The van der Waals surface area contributed by atoms with Crippen molar-refractivity contribution in [1.82, 2.24) is 9.38 Å². The summed E-state index contributed by atoms with van der Waals surface area (Å²) in [6.07, 6.45) is 4.74. The first-order valence-electron chi connectivity index (χ1n) is 4.09. The van der Waals surface area contributed by atoms with Crippen molar-refractivity contribution >= 4 is 39.9 Å². The quantitative estimate of drug-likeness (QED) is 0.599. The number of thiazole rings is 1. The molecule has 2 rings (SSSR count). The molecule has 0 aromatic carbocycles. The van der Waals surface area contributed by atoms with Gasteiger partial charge in [0.25, 0.3) is 0 Å². The number of ether oxygens (including phenoxy) is 1. The molecule has 0 unspecified atom stereocenters. The molecule has 78 valence electrons. The number of fused-ring (bicyclic) bond motifs is 1. The van der Waals surface area contributed by atoms with Crippen LogP contribution in [0.3, 0.4) is 0 Å². The van der Waals surface area contributed by atoms with Crippen LogP contribution in [0.25, 0.3) is 11.0 Å². The van der Waals surface area contributed by atoms with Gasteiger partial charge in [0, 0.05) is 17.7 Å². The minimum absolute atomic E-state index is 0.377. The first-order valence-corrected chi connectivity index (χ1v) is 5.35. The van der Waals surface area contributed by atoms with Gasteiger partial charge in [0.1, 0.15) is 0 Å². The lowest BCUT2D eigenvalue weighted by Gasteiger charge is -1.91. The molecule has 0 saturated heterocycles. The Morgan fingerprint density at radius 3 is 3.27 bits per heavy atom. The molecule has 4 nitrogen and oxygen atoms in total. The van der Waals surface area contributed by atoms with Crippen LogP contribution in [0.1, 0.15) is 5.69 Å². The fourth-order valence-corrected chi connectivity index (χ4v) is 2.15. The van der Waals surface area contributed by atoms with Crippen molar-refractivity contribution < 1.29 is 9.53 Å². The molecular weight excluding hydrogens is 236 g/mol. The van der Waals surface area contributed by atoms with Crippen LogP contribution in [0.4, 0.5) is 0 Å². The van der Waals surface area contributed by atoms with Crippen LogP contribution in [-0.4, -0.2) is 22.5 Å². The third-order valence-electron chi connectivity index (χ3n) is 1.83. The van der Waals surface area contributed by atoms with E-state index in [1.165, 1.54) is 24.5 Å². The van der Waals surface area contributed by atoms with Gasteiger partial charge in [-0.1, -0.05) is 11.6 Å². The topological polar surface area (TPSA) is 43.6 Å². The third kappa shape index (κ3) is 1.88. The van der Waals surface area contributed by atoms with Crippen molar-refractivity contribution in [3.05, 3.63) is 28.5 Å². The lowest BCUT2D eigenvalue weighted by molar-refractivity contribution is -0.134. The Morgan fingerprint density at radius 2 is 2.53 bits per heavy atom. The molecule has 6 heteroatoms. The largest absolute Gasteiger partial charge is 0.466 e. The zero-order valence-electron chi connectivity index (χ0n) is 7.81. The van der Waals surface area contributed by atoms with Gasteiger partial charge in [-0.25, -0.2) is 9.78 Å².